The van der Waals surface area contributed by atoms with Crippen molar-refractivity contribution >= 4 is 11.8 Å². The maximum absolute atomic E-state index is 12.2. The van der Waals surface area contributed by atoms with Crippen molar-refractivity contribution in [1.82, 2.24) is 9.80 Å². The minimum Gasteiger partial charge on any atom is -0.325 e. The van der Waals surface area contributed by atoms with E-state index in [1.165, 1.54) is 0 Å². The lowest BCUT2D eigenvalue weighted by molar-refractivity contribution is -0.117. The van der Waals surface area contributed by atoms with Crippen LogP contribution in [0.25, 0.3) is 0 Å². The van der Waals surface area contributed by atoms with Crippen molar-refractivity contribution in [3.05, 3.63) is 0 Å². The smallest absolute Gasteiger partial charge is 0.320 e. The molecule has 2 heterocycles. The SMILES string of the molecule is CC(=O)CC1CCCN1C(=O)N1CCCC1. The number of hydrogen-bond donors (Lipinski definition) is 0. The van der Waals surface area contributed by atoms with Crippen LogP contribution in [-0.2, 0) is 4.79 Å². The van der Waals surface area contributed by atoms with Crippen molar-refractivity contribution in [3.63, 3.8) is 0 Å². The Hall–Kier alpha value is -1.06. The van der Waals surface area contributed by atoms with Gasteiger partial charge in [0.25, 0.3) is 0 Å². The van der Waals surface area contributed by atoms with E-state index in [4.69, 9.17) is 0 Å². The molecule has 0 aromatic heterocycles. The van der Waals surface area contributed by atoms with Crippen LogP contribution in [0.4, 0.5) is 4.79 Å². The topological polar surface area (TPSA) is 40.6 Å². The van der Waals surface area contributed by atoms with Gasteiger partial charge in [0.15, 0.2) is 0 Å². The second-order valence-corrected chi connectivity index (χ2v) is 4.87. The molecule has 4 nitrogen and oxygen atoms in total. The zero-order valence-electron chi connectivity index (χ0n) is 9.95. The predicted octanol–water partition coefficient (Wildman–Crippen LogP) is 1.65. The summed E-state index contributed by atoms with van der Waals surface area (Å²) in [6.45, 7) is 4.22. The zero-order valence-corrected chi connectivity index (χ0v) is 9.95. The Morgan fingerprint density at radius 3 is 2.44 bits per heavy atom. The molecule has 2 rings (SSSR count). The molecule has 0 radical (unpaired) electrons. The molecule has 90 valence electrons. The molecule has 0 saturated carbocycles. The van der Waals surface area contributed by atoms with Gasteiger partial charge in [-0.1, -0.05) is 0 Å². The van der Waals surface area contributed by atoms with Gasteiger partial charge < -0.3 is 9.80 Å². The first kappa shape index (κ1) is 11.4. The van der Waals surface area contributed by atoms with Crippen LogP contribution < -0.4 is 0 Å². The van der Waals surface area contributed by atoms with Crippen LogP contribution in [0.1, 0.15) is 39.0 Å². The van der Waals surface area contributed by atoms with Gasteiger partial charge in [-0.3, -0.25) is 4.79 Å². The van der Waals surface area contributed by atoms with E-state index >= 15 is 0 Å². The van der Waals surface area contributed by atoms with E-state index in [2.05, 4.69) is 0 Å². The van der Waals surface area contributed by atoms with E-state index in [0.717, 1.165) is 45.3 Å². The summed E-state index contributed by atoms with van der Waals surface area (Å²) < 4.78 is 0. The van der Waals surface area contributed by atoms with Crippen molar-refractivity contribution in [2.75, 3.05) is 19.6 Å². The summed E-state index contributed by atoms with van der Waals surface area (Å²) >= 11 is 0. The highest BCUT2D eigenvalue weighted by Gasteiger charge is 2.32. The average molecular weight is 224 g/mol. The van der Waals surface area contributed by atoms with Crippen molar-refractivity contribution in [2.24, 2.45) is 0 Å². The Morgan fingerprint density at radius 1 is 1.12 bits per heavy atom. The molecular weight excluding hydrogens is 204 g/mol. The van der Waals surface area contributed by atoms with Crippen LogP contribution in [0.15, 0.2) is 0 Å². The van der Waals surface area contributed by atoms with E-state index in [1.807, 2.05) is 9.80 Å². The Balaban J connectivity index is 1.95. The number of Topliss-reactive ketones (excluding diaryl/α,β-unsaturated/α-hetero) is 1. The standard InChI is InChI=1S/C12H20N2O2/c1-10(15)9-11-5-4-8-14(11)12(16)13-6-2-3-7-13/h11H,2-9H2,1H3. The number of carbonyl (C=O) groups excluding carboxylic acids is 2. The summed E-state index contributed by atoms with van der Waals surface area (Å²) in [5.41, 5.74) is 0. The molecule has 2 aliphatic heterocycles. The van der Waals surface area contributed by atoms with Crippen molar-refractivity contribution in [2.45, 2.75) is 45.1 Å². The molecule has 2 fully saturated rings. The molecule has 2 aliphatic rings. The summed E-state index contributed by atoms with van der Waals surface area (Å²) in [7, 11) is 0. The molecule has 0 aliphatic carbocycles. The van der Waals surface area contributed by atoms with Crippen molar-refractivity contribution in [3.8, 4) is 0 Å². The van der Waals surface area contributed by atoms with E-state index in [1.54, 1.807) is 6.92 Å². The number of likely N-dealkylation sites (tertiary alicyclic amines) is 2. The Morgan fingerprint density at radius 2 is 1.81 bits per heavy atom. The highest BCUT2D eigenvalue weighted by Crippen LogP contribution is 2.23. The van der Waals surface area contributed by atoms with Gasteiger partial charge in [-0.25, -0.2) is 4.79 Å². The van der Waals surface area contributed by atoms with Crippen LogP contribution in [0.5, 0.6) is 0 Å². The van der Waals surface area contributed by atoms with Gasteiger partial charge >= 0.3 is 6.03 Å². The maximum Gasteiger partial charge on any atom is 0.320 e. The van der Waals surface area contributed by atoms with Crippen molar-refractivity contribution < 1.29 is 9.59 Å². The molecule has 16 heavy (non-hydrogen) atoms. The number of ketones is 1. The Bertz CT molecular complexity index is 285. The first-order valence-electron chi connectivity index (χ1n) is 6.23. The number of nitrogens with zero attached hydrogens (tertiary/aromatic N) is 2. The van der Waals surface area contributed by atoms with Gasteiger partial charge in [-0.05, 0) is 32.6 Å². The quantitative estimate of drug-likeness (QED) is 0.715. The van der Waals surface area contributed by atoms with Gasteiger partial charge in [-0.15, -0.1) is 0 Å². The Labute approximate surface area is 96.6 Å². The van der Waals surface area contributed by atoms with Crippen molar-refractivity contribution in [1.29, 1.82) is 0 Å². The molecule has 0 bridgehead atoms. The molecular formula is C12H20N2O2. The molecule has 1 unspecified atom stereocenters. The molecule has 2 saturated heterocycles. The van der Waals surface area contributed by atoms with E-state index < -0.39 is 0 Å². The van der Waals surface area contributed by atoms with Gasteiger partial charge in [-0.2, -0.15) is 0 Å². The third-order valence-corrected chi connectivity index (χ3v) is 3.52. The van der Waals surface area contributed by atoms with Gasteiger partial charge in [0.1, 0.15) is 5.78 Å². The average Bonchev–Trinajstić information content (AvgIpc) is 2.84. The fourth-order valence-electron chi connectivity index (χ4n) is 2.72. The summed E-state index contributed by atoms with van der Waals surface area (Å²) in [5, 5.41) is 0. The molecule has 0 spiro atoms. The fourth-order valence-corrected chi connectivity index (χ4v) is 2.72. The normalized spacial score (nSPS) is 25.2. The van der Waals surface area contributed by atoms with E-state index in [0.29, 0.717) is 6.42 Å². The highest BCUT2D eigenvalue weighted by atomic mass is 16.2. The predicted molar refractivity (Wildman–Crippen MR) is 61.2 cm³/mol. The molecule has 0 aromatic rings. The van der Waals surface area contributed by atoms with Gasteiger partial charge in [0, 0.05) is 32.1 Å². The third-order valence-electron chi connectivity index (χ3n) is 3.52. The monoisotopic (exact) mass is 224 g/mol. The molecule has 2 amide bonds. The first-order valence-corrected chi connectivity index (χ1v) is 6.23. The lowest BCUT2D eigenvalue weighted by Gasteiger charge is -2.28. The fraction of sp³-hybridized carbons (Fsp3) is 0.833. The largest absolute Gasteiger partial charge is 0.325 e. The number of rotatable bonds is 2. The van der Waals surface area contributed by atoms with E-state index in [9.17, 15) is 9.59 Å². The molecule has 1 atom stereocenters. The summed E-state index contributed by atoms with van der Waals surface area (Å²) in [4.78, 5) is 27.2. The van der Waals surface area contributed by atoms with Crippen LogP contribution in [-0.4, -0.2) is 47.3 Å². The lowest BCUT2D eigenvalue weighted by atomic mass is 10.1. The number of urea groups is 1. The second kappa shape index (κ2) is 4.85. The zero-order chi connectivity index (χ0) is 11.5. The number of carbonyl (C=O) groups is 2. The number of hydrogen-bond acceptors (Lipinski definition) is 2. The van der Waals surface area contributed by atoms with E-state index in [-0.39, 0.29) is 17.9 Å². The summed E-state index contributed by atoms with van der Waals surface area (Å²) in [6, 6.07) is 0.312. The van der Waals surface area contributed by atoms with Crippen LogP contribution in [0.3, 0.4) is 0 Å². The van der Waals surface area contributed by atoms with Gasteiger partial charge in [0.05, 0.1) is 0 Å². The van der Waals surface area contributed by atoms with Crippen LogP contribution >= 0.6 is 0 Å². The van der Waals surface area contributed by atoms with Gasteiger partial charge in [0.2, 0.25) is 0 Å². The lowest BCUT2D eigenvalue weighted by Crippen LogP contribution is -2.44. The van der Waals surface area contributed by atoms with Crippen LogP contribution in [0.2, 0.25) is 0 Å². The Kier molecular flexibility index (Phi) is 3.46. The maximum atomic E-state index is 12.2. The summed E-state index contributed by atoms with van der Waals surface area (Å²) in [6.07, 6.45) is 4.80. The summed E-state index contributed by atoms with van der Waals surface area (Å²) in [5.74, 6) is 0.186. The number of amides is 2. The minimum atomic E-state index is 0.154. The van der Waals surface area contributed by atoms with Crippen LogP contribution in [0, 0.1) is 0 Å². The highest BCUT2D eigenvalue weighted by molar-refractivity contribution is 5.79. The second-order valence-electron chi connectivity index (χ2n) is 4.87. The minimum absolute atomic E-state index is 0.154. The first-order chi connectivity index (χ1) is 7.68. The molecule has 0 N–H and O–H groups in total. The third kappa shape index (κ3) is 2.36. The molecule has 4 heteroatoms. The molecule has 0 aromatic carbocycles.